The van der Waals surface area contributed by atoms with Crippen LogP contribution in [0.3, 0.4) is 0 Å². The first-order valence-corrected chi connectivity index (χ1v) is 4.92. The number of methoxy groups -OCH3 is 1. The maximum Gasteiger partial charge on any atom is 0.144 e. The number of hydrogen-bond acceptors (Lipinski definition) is 3. The molecule has 5 heteroatoms. The Kier molecular flexibility index (Phi) is 5.10. The van der Waals surface area contributed by atoms with Crippen LogP contribution in [-0.2, 0) is 4.74 Å². The van der Waals surface area contributed by atoms with Gasteiger partial charge in [0.1, 0.15) is 5.84 Å². The van der Waals surface area contributed by atoms with Crippen molar-refractivity contribution < 1.29 is 4.74 Å². The second-order valence-electron chi connectivity index (χ2n) is 2.85. The van der Waals surface area contributed by atoms with E-state index in [-0.39, 0.29) is 0 Å². The van der Waals surface area contributed by atoms with Crippen LogP contribution in [0.1, 0.15) is 5.56 Å². The molecular weight excluding hydrogens is 214 g/mol. The average molecular weight is 228 g/mol. The number of ether oxygens (including phenoxy) is 1. The van der Waals surface area contributed by atoms with Gasteiger partial charge in [-0.2, -0.15) is 0 Å². The molecule has 1 rings (SSSR count). The molecule has 0 aliphatic carbocycles. The van der Waals surface area contributed by atoms with Gasteiger partial charge in [0, 0.05) is 12.7 Å². The molecule has 0 bridgehead atoms. The maximum absolute atomic E-state index is 6.00. The highest BCUT2D eigenvalue weighted by molar-refractivity contribution is 6.34. The molecule has 4 nitrogen and oxygen atoms in total. The number of hydrogen-bond donors (Lipinski definition) is 2. The molecule has 82 valence electrons. The van der Waals surface area contributed by atoms with E-state index >= 15 is 0 Å². The summed E-state index contributed by atoms with van der Waals surface area (Å²) < 4.78 is 4.89. The highest BCUT2D eigenvalue weighted by Crippen LogP contribution is 2.14. The van der Waals surface area contributed by atoms with Crippen LogP contribution >= 0.6 is 11.6 Å². The number of nitrogens with one attached hydrogen (secondary N) is 1. The van der Waals surface area contributed by atoms with Crippen LogP contribution in [0.25, 0.3) is 0 Å². The van der Waals surface area contributed by atoms with Gasteiger partial charge in [-0.1, -0.05) is 23.7 Å². The van der Waals surface area contributed by atoms with Crippen molar-refractivity contribution in [1.29, 1.82) is 0 Å². The van der Waals surface area contributed by atoms with Crippen molar-refractivity contribution >= 4 is 17.4 Å². The van der Waals surface area contributed by atoms with Crippen molar-refractivity contribution in [3.63, 3.8) is 0 Å². The van der Waals surface area contributed by atoms with Gasteiger partial charge in [0.2, 0.25) is 0 Å². The molecule has 15 heavy (non-hydrogen) atoms. The number of aliphatic imine (C=N–C) groups is 1. The number of rotatable bonds is 4. The second kappa shape index (κ2) is 6.40. The molecule has 0 heterocycles. The molecule has 1 aromatic carbocycles. The zero-order chi connectivity index (χ0) is 11.1. The molecule has 0 unspecified atom stereocenters. The number of nitrogens with two attached hydrogens (primary N) is 1. The third kappa shape index (κ3) is 3.51. The molecule has 0 radical (unpaired) electrons. The lowest BCUT2D eigenvalue weighted by Gasteiger charge is -2.07. The van der Waals surface area contributed by atoms with Gasteiger partial charge in [-0.25, -0.2) is 5.84 Å². The smallest absolute Gasteiger partial charge is 0.144 e. The Morgan fingerprint density at radius 2 is 2.27 bits per heavy atom. The number of nitrogens with zero attached hydrogens (tertiary/aromatic N) is 1. The van der Waals surface area contributed by atoms with Crippen LogP contribution in [0.4, 0.5) is 0 Å². The molecule has 0 saturated heterocycles. The molecule has 0 fully saturated rings. The van der Waals surface area contributed by atoms with Crippen molar-refractivity contribution in [3.05, 3.63) is 34.9 Å². The minimum Gasteiger partial charge on any atom is -0.383 e. The summed E-state index contributed by atoms with van der Waals surface area (Å²) in [4.78, 5) is 4.23. The van der Waals surface area contributed by atoms with Crippen LogP contribution in [0.15, 0.2) is 29.3 Å². The summed E-state index contributed by atoms with van der Waals surface area (Å²) in [6.07, 6.45) is 0. The first kappa shape index (κ1) is 12.0. The minimum absolute atomic E-state index is 0.543. The standard InChI is InChI=1S/C10H14ClN3O/c1-15-7-6-13-10(14-12)8-4-2-3-5-9(8)11/h2-5H,6-7,12H2,1H3,(H,13,14). The second-order valence-corrected chi connectivity index (χ2v) is 3.25. The van der Waals surface area contributed by atoms with E-state index in [1.165, 1.54) is 0 Å². The number of halogens is 1. The van der Waals surface area contributed by atoms with Crippen molar-refractivity contribution in [3.8, 4) is 0 Å². The third-order valence-electron chi connectivity index (χ3n) is 1.83. The molecule has 0 aliphatic rings. The molecule has 0 aromatic heterocycles. The Morgan fingerprint density at radius 1 is 1.53 bits per heavy atom. The molecule has 0 saturated carbocycles. The molecule has 0 aliphatic heterocycles. The highest BCUT2D eigenvalue weighted by atomic mass is 35.5. The highest BCUT2D eigenvalue weighted by Gasteiger charge is 2.04. The summed E-state index contributed by atoms with van der Waals surface area (Å²) in [5, 5.41) is 0.617. The van der Waals surface area contributed by atoms with E-state index in [2.05, 4.69) is 10.4 Å². The quantitative estimate of drug-likeness (QED) is 0.267. The van der Waals surface area contributed by atoms with Crippen LogP contribution < -0.4 is 11.3 Å². The normalized spacial score (nSPS) is 11.5. The lowest BCUT2D eigenvalue weighted by Crippen LogP contribution is -2.31. The van der Waals surface area contributed by atoms with Gasteiger partial charge in [0.15, 0.2) is 0 Å². The van der Waals surface area contributed by atoms with Crippen LogP contribution in [0.5, 0.6) is 0 Å². The van der Waals surface area contributed by atoms with Gasteiger partial charge >= 0.3 is 0 Å². The topological polar surface area (TPSA) is 59.6 Å². The molecule has 0 amide bonds. The van der Waals surface area contributed by atoms with E-state index in [0.29, 0.717) is 24.0 Å². The Hall–Kier alpha value is -1.10. The fourth-order valence-corrected chi connectivity index (χ4v) is 1.34. The lowest BCUT2D eigenvalue weighted by atomic mass is 10.2. The van der Waals surface area contributed by atoms with E-state index in [1.807, 2.05) is 18.2 Å². The van der Waals surface area contributed by atoms with Crippen molar-refractivity contribution in [2.75, 3.05) is 20.3 Å². The van der Waals surface area contributed by atoms with Gasteiger partial charge in [-0.15, -0.1) is 0 Å². The zero-order valence-electron chi connectivity index (χ0n) is 8.53. The Morgan fingerprint density at radius 3 is 2.87 bits per heavy atom. The Balaban J connectivity index is 2.83. The van der Waals surface area contributed by atoms with E-state index in [4.69, 9.17) is 22.2 Å². The van der Waals surface area contributed by atoms with Crippen molar-refractivity contribution in [1.82, 2.24) is 5.43 Å². The zero-order valence-corrected chi connectivity index (χ0v) is 9.29. The van der Waals surface area contributed by atoms with Gasteiger partial charge < -0.3 is 10.2 Å². The molecule has 3 N–H and O–H groups in total. The summed E-state index contributed by atoms with van der Waals surface area (Å²) >= 11 is 6.00. The van der Waals surface area contributed by atoms with Crippen LogP contribution in [-0.4, -0.2) is 26.1 Å². The van der Waals surface area contributed by atoms with Gasteiger partial charge in [0.25, 0.3) is 0 Å². The molecular formula is C10H14ClN3O. The third-order valence-corrected chi connectivity index (χ3v) is 2.16. The number of benzene rings is 1. The predicted octanol–water partition coefficient (Wildman–Crippen LogP) is 1.20. The fourth-order valence-electron chi connectivity index (χ4n) is 1.11. The van der Waals surface area contributed by atoms with Crippen molar-refractivity contribution in [2.45, 2.75) is 0 Å². The van der Waals surface area contributed by atoms with Gasteiger partial charge in [-0.05, 0) is 12.1 Å². The van der Waals surface area contributed by atoms with E-state index in [9.17, 15) is 0 Å². The first-order chi connectivity index (χ1) is 7.29. The van der Waals surface area contributed by atoms with E-state index in [1.54, 1.807) is 13.2 Å². The molecule has 0 spiro atoms. The van der Waals surface area contributed by atoms with E-state index in [0.717, 1.165) is 5.56 Å². The van der Waals surface area contributed by atoms with Gasteiger partial charge in [-0.3, -0.25) is 4.99 Å². The summed E-state index contributed by atoms with van der Waals surface area (Å²) in [5.41, 5.74) is 3.32. The monoisotopic (exact) mass is 227 g/mol. The summed E-state index contributed by atoms with van der Waals surface area (Å²) in [7, 11) is 1.63. The predicted molar refractivity (Wildman–Crippen MR) is 62.1 cm³/mol. The maximum atomic E-state index is 6.00. The molecule has 0 atom stereocenters. The van der Waals surface area contributed by atoms with E-state index < -0.39 is 0 Å². The Labute approximate surface area is 94.1 Å². The summed E-state index contributed by atoms with van der Waals surface area (Å²) in [6.45, 7) is 1.09. The summed E-state index contributed by atoms with van der Waals surface area (Å²) in [5.74, 6) is 5.94. The van der Waals surface area contributed by atoms with Crippen LogP contribution in [0.2, 0.25) is 5.02 Å². The van der Waals surface area contributed by atoms with Gasteiger partial charge in [0.05, 0.1) is 18.2 Å². The first-order valence-electron chi connectivity index (χ1n) is 4.54. The Bertz CT molecular complexity index is 341. The van der Waals surface area contributed by atoms with Crippen molar-refractivity contribution in [2.24, 2.45) is 10.8 Å². The molecule has 1 aromatic rings. The largest absolute Gasteiger partial charge is 0.383 e. The summed E-state index contributed by atoms with van der Waals surface area (Å²) in [6, 6.07) is 7.38. The lowest BCUT2D eigenvalue weighted by molar-refractivity contribution is 0.208. The number of amidine groups is 1. The van der Waals surface area contributed by atoms with Crippen LogP contribution in [0, 0.1) is 0 Å². The fraction of sp³-hybridized carbons (Fsp3) is 0.300. The average Bonchev–Trinajstić information content (AvgIpc) is 2.26. The SMILES string of the molecule is COCCN=C(NN)c1ccccc1Cl. The minimum atomic E-state index is 0.543. The number of hydrazine groups is 1.